The number of carbonyl (C=O) groups is 2. The van der Waals surface area contributed by atoms with Crippen molar-refractivity contribution < 1.29 is 9.59 Å². The van der Waals surface area contributed by atoms with E-state index in [1.54, 1.807) is 18.2 Å². The highest BCUT2D eigenvalue weighted by Gasteiger charge is 2.28. The van der Waals surface area contributed by atoms with Crippen molar-refractivity contribution >= 4 is 11.8 Å². The van der Waals surface area contributed by atoms with Gasteiger partial charge in [0.15, 0.2) is 0 Å². The molecule has 1 aliphatic carbocycles. The summed E-state index contributed by atoms with van der Waals surface area (Å²) < 4.78 is 0. The van der Waals surface area contributed by atoms with E-state index in [2.05, 4.69) is 5.32 Å². The molecule has 1 saturated carbocycles. The minimum absolute atomic E-state index is 0.0290. The van der Waals surface area contributed by atoms with Crippen molar-refractivity contribution in [1.29, 1.82) is 5.26 Å². The molecule has 2 amide bonds. The number of hydrogen-bond acceptors (Lipinski definition) is 3. The Hall–Kier alpha value is -2.35. The van der Waals surface area contributed by atoms with Gasteiger partial charge >= 0.3 is 0 Å². The highest BCUT2D eigenvalue weighted by atomic mass is 16.2. The first-order chi connectivity index (χ1) is 11.1. The third kappa shape index (κ3) is 4.56. The molecular weight excluding hydrogens is 290 g/mol. The molecule has 1 aliphatic rings. The standard InChI is InChI=1S/C18H23N3O2/c19-10-11-21-18(23)16(12-13-6-2-1-3-7-13)14-8-4-5-9-15(14)17(20)22/h4-5,8-9,13,16H,1-3,6-7,11-12H2,(H2,20,22)(H,21,23). The molecule has 1 aromatic carbocycles. The zero-order chi connectivity index (χ0) is 16.7. The van der Waals surface area contributed by atoms with Crippen LogP contribution in [-0.4, -0.2) is 18.4 Å². The molecule has 0 radical (unpaired) electrons. The fraction of sp³-hybridized carbons (Fsp3) is 0.500. The number of primary amides is 1. The lowest BCUT2D eigenvalue weighted by atomic mass is 9.79. The quantitative estimate of drug-likeness (QED) is 0.790. The van der Waals surface area contributed by atoms with Gasteiger partial charge in [0, 0.05) is 5.56 Å². The molecule has 0 spiro atoms. The Bertz CT molecular complexity index is 601. The lowest BCUT2D eigenvalue weighted by molar-refractivity contribution is -0.122. The van der Waals surface area contributed by atoms with E-state index in [4.69, 9.17) is 11.0 Å². The van der Waals surface area contributed by atoms with Gasteiger partial charge in [-0.2, -0.15) is 5.26 Å². The Labute approximate surface area is 136 Å². The van der Waals surface area contributed by atoms with E-state index in [0.29, 0.717) is 23.5 Å². The summed E-state index contributed by atoms with van der Waals surface area (Å²) in [5.41, 5.74) is 6.52. The molecule has 1 atom stereocenters. The summed E-state index contributed by atoms with van der Waals surface area (Å²) in [7, 11) is 0. The van der Waals surface area contributed by atoms with Crippen molar-refractivity contribution in [3.05, 3.63) is 35.4 Å². The van der Waals surface area contributed by atoms with Crippen LogP contribution in [0.4, 0.5) is 0 Å². The zero-order valence-corrected chi connectivity index (χ0v) is 13.3. The number of carbonyl (C=O) groups excluding carboxylic acids is 2. The van der Waals surface area contributed by atoms with E-state index in [0.717, 1.165) is 12.8 Å². The number of rotatable bonds is 6. The summed E-state index contributed by atoms with van der Waals surface area (Å²) in [5.74, 6) is -0.689. The molecule has 1 unspecified atom stereocenters. The minimum atomic E-state index is -0.526. The Kier molecular flexibility index (Phi) is 6.16. The van der Waals surface area contributed by atoms with Crippen LogP contribution in [0.25, 0.3) is 0 Å². The lowest BCUT2D eigenvalue weighted by Crippen LogP contribution is -2.32. The fourth-order valence-corrected chi connectivity index (χ4v) is 3.41. The Morgan fingerprint density at radius 2 is 1.96 bits per heavy atom. The molecule has 5 nitrogen and oxygen atoms in total. The predicted molar refractivity (Wildman–Crippen MR) is 87.5 cm³/mol. The second-order valence-corrected chi connectivity index (χ2v) is 6.12. The first-order valence-electron chi connectivity index (χ1n) is 8.17. The topological polar surface area (TPSA) is 96.0 Å². The van der Waals surface area contributed by atoms with Crippen LogP contribution in [0.3, 0.4) is 0 Å². The van der Waals surface area contributed by atoms with Gasteiger partial charge in [-0.25, -0.2) is 0 Å². The number of nitrogens with one attached hydrogen (secondary N) is 1. The number of benzene rings is 1. The molecule has 1 fully saturated rings. The van der Waals surface area contributed by atoms with Gasteiger partial charge in [-0.3, -0.25) is 9.59 Å². The molecule has 23 heavy (non-hydrogen) atoms. The van der Waals surface area contributed by atoms with Gasteiger partial charge in [-0.15, -0.1) is 0 Å². The number of nitrogens with two attached hydrogens (primary N) is 1. The lowest BCUT2D eigenvalue weighted by Gasteiger charge is -2.27. The zero-order valence-electron chi connectivity index (χ0n) is 13.3. The van der Waals surface area contributed by atoms with Gasteiger partial charge in [0.25, 0.3) is 0 Å². The smallest absolute Gasteiger partial charge is 0.249 e. The SMILES string of the molecule is N#CCNC(=O)C(CC1CCCCC1)c1ccccc1C(N)=O. The largest absolute Gasteiger partial charge is 0.366 e. The monoisotopic (exact) mass is 313 g/mol. The first-order valence-corrected chi connectivity index (χ1v) is 8.17. The van der Waals surface area contributed by atoms with Gasteiger partial charge in [0.1, 0.15) is 6.54 Å². The maximum atomic E-state index is 12.5. The third-order valence-corrected chi connectivity index (χ3v) is 4.55. The molecule has 0 aromatic heterocycles. The third-order valence-electron chi connectivity index (χ3n) is 4.55. The number of hydrogen-bond donors (Lipinski definition) is 2. The van der Waals surface area contributed by atoms with Gasteiger partial charge in [-0.1, -0.05) is 50.3 Å². The first kappa shape index (κ1) is 17.0. The average Bonchev–Trinajstić information content (AvgIpc) is 2.58. The Balaban J connectivity index is 2.27. The summed E-state index contributed by atoms with van der Waals surface area (Å²) in [6.07, 6.45) is 6.55. The van der Waals surface area contributed by atoms with Gasteiger partial charge in [-0.05, 0) is 24.0 Å². The number of nitriles is 1. The second-order valence-electron chi connectivity index (χ2n) is 6.12. The van der Waals surface area contributed by atoms with Crippen LogP contribution in [0.2, 0.25) is 0 Å². The average molecular weight is 313 g/mol. The van der Waals surface area contributed by atoms with E-state index >= 15 is 0 Å². The van der Waals surface area contributed by atoms with Crippen molar-refractivity contribution in [3.8, 4) is 6.07 Å². The van der Waals surface area contributed by atoms with Crippen molar-refractivity contribution in [2.75, 3.05) is 6.54 Å². The minimum Gasteiger partial charge on any atom is -0.366 e. The van der Waals surface area contributed by atoms with Crippen LogP contribution in [0.5, 0.6) is 0 Å². The van der Waals surface area contributed by atoms with Crippen LogP contribution < -0.4 is 11.1 Å². The van der Waals surface area contributed by atoms with E-state index in [1.165, 1.54) is 19.3 Å². The molecule has 5 heteroatoms. The Morgan fingerprint density at radius 3 is 2.61 bits per heavy atom. The maximum absolute atomic E-state index is 12.5. The fourth-order valence-electron chi connectivity index (χ4n) is 3.41. The molecule has 1 aromatic rings. The molecule has 2 rings (SSSR count). The van der Waals surface area contributed by atoms with Crippen LogP contribution in [0, 0.1) is 17.2 Å². The summed E-state index contributed by atoms with van der Waals surface area (Å²) in [6.45, 7) is -0.0290. The van der Waals surface area contributed by atoms with E-state index in [1.807, 2.05) is 12.1 Å². The van der Waals surface area contributed by atoms with Gasteiger partial charge in [0.05, 0.1) is 12.0 Å². The predicted octanol–water partition coefficient (Wildman–Crippen LogP) is 2.48. The van der Waals surface area contributed by atoms with Crippen molar-refractivity contribution in [2.45, 2.75) is 44.4 Å². The maximum Gasteiger partial charge on any atom is 0.249 e. The Morgan fingerprint density at radius 1 is 1.26 bits per heavy atom. The van der Waals surface area contributed by atoms with Crippen molar-refractivity contribution in [3.63, 3.8) is 0 Å². The van der Waals surface area contributed by atoms with Gasteiger partial charge in [0.2, 0.25) is 11.8 Å². The van der Waals surface area contributed by atoms with Crippen LogP contribution in [0.15, 0.2) is 24.3 Å². The second kappa shape index (κ2) is 8.33. The van der Waals surface area contributed by atoms with Gasteiger partial charge < -0.3 is 11.1 Å². The molecular formula is C18H23N3O2. The summed E-state index contributed by atoms with van der Waals surface area (Å²) in [4.78, 5) is 24.2. The molecule has 0 aliphatic heterocycles. The highest BCUT2D eigenvalue weighted by Crippen LogP contribution is 2.34. The van der Waals surface area contributed by atoms with E-state index < -0.39 is 11.8 Å². The molecule has 0 saturated heterocycles. The molecule has 122 valence electrons. The number of amides is 2. The van der Waals surface area contributed by atoms with E-state index in [-0.39, 0.29) is 12.5 Å². The highest BCUT2D eigenvalue weighted by molar-refractivity contribution is 5.97. The van der Waals surface area contributed by atoms with Crippen molar-refractivity contribution in [1.82, 2.24) is 5.32 Å². The van der Waals surface area contributed by atoms with Crippen LogP contribution in [0.1, 0.15) is 60.4 Å². The van der Waals surface area contributed by atoms with Crippen LogP contribution in [-0.2, 0) is 4.79 Å². The van der Waals surface area contributed by atoms with Crippen LogP contribution >= 0.6 is 0 Å². The summed E-state index contributed by atoms with van der Waals surface area (Å²) in [6, 6.07) is 8.93. The van der Waals surface area contributed by atoms with E-state index in [9.17, 15) is 9.59 Å². The molecule has 0 heterocycles. The summed E-state index contributed by atoms with van der Waals surface area (Å²) >= 11 is 0. The normalized spacial score (nSPS) is 16.3. The summed E-state index contributed by atoms with van der Waals surface area (Å²) in [5, 5.41) is 11.3. The van der Waals surface area contributed by atoms with Crippen molar-refractivity contribution in [2.24, 2.45) is 11.7 Å². The number of nitrogens with zero attached hydrogens (tertiary/aromatic N) is 1. The molecule has 0 bridgehead atoms. The molecule has 3 N–H and O–H groups in total.